The summed E-state index contributed by atoms with van der Waals surface area (Å²) < 4.78 is 18.4. The Bertz CT molecular complexity index is 1310. The van der Waals surface area contributed by atoms with E-state index in [4.69, 9.17) is 19.0 Å². The van der Waals surface area contributed by atoms with Crippen LogP contribution >= 0.6 is 0 Å². The van der Waals surface area contributed by atoms with Gasteiger partial charge in [0.25, 0.3) is 11.8 Å². The van der Waals surface area contributed by atoms with E-state index in [0.717, 1.165) is 54.1 Å². The van der Waals surface area contributed by atoms with Crippen molar-refractivity contribution in [2.75, 3.05) is 26.9 Å². The second-order valence-corrected chi connectivity index (χ2v) is 8.71. The predicted octanol–water partition coefficient (Wildman–Crippen LogP) is 5.15. The van der Waals surface area contributed by atoms with Crippen molar-refractivity contribution in [3.63, 3.8) is 0 Å². The number of hydrogen-bond acceptors (Lipinski definition) is 7. The minimum Gasteiger partial charge on any atom is -0.497 e. The summed E-state index contributed by atoms with van der Waals surface area (Å²) >= 11 is 0. The third-order valence-electron chi connectivity index (χ3n) is 5.98. The van der Waals surface area contributed by atoms with Gasteiger partial charge in [0.1, 0.15) is 5.75 Å². The summed E-state index contributed by atoms with van der Waals surface area (Å²) in [4.78, 5) is 12.6. The molecule has 0 unspecified atom stereocenters. The summed E-state index contributed by atoms with van der Waals surface area (Å²) in [6, 6.07) is 15.1. The van der Waals surface area contributed by atoms with Gasteiger partial charge in [0.15, 0.2) is 5.69 Å². The molecule has 0 spiro atoms. The molecule has 1 N–H and O–H groups in total. The highest BCUT2D eigenvalue weighted by molar-refractivity contribution is 5.94. The van der Waals surface area contributed by atoms with Gasteiger partial charge < -0.3 is 19.2 Å². The highest BCUT2D eigenvalue weighted by Crippen LogP contribution is 2.34. The van der Waals surface area contributed by atoms with Crippen LogP contribution in [0.5, 0.6) is 5.75 Å². The molecule has 0 fully saturated rings. The van der Waals surface area contributed by atoms with Crippen molar-refractivity contribution in [2.24, 2.45) is 0 Å². The molecule has 2 heterocycles. The fourth-order valence-corrected chi connectivity index (χ4v) is 3.95. The number of carbonyl (C=O) groups excluding carboxylic acids is 1. The van der Waals surface area contributed by atoms with Crippen LogP contribution in [0.4, 0.5) is 0 Å². The maximum atomic E-state index is 12.6. The van der Waals surface area contributed by atoms with E-state index >= 15 is 0 Å². The lowest BCUT2D eigenvalue weighted by Gasteiger charge is -2.11. The molecule has 1 amide bonds. The molecule has 0 radical (unpaired) electrons. The Labute approximate surface area is 216 Å². The van der Waals surface area contributed by atoms with Gasteiger partial charge in [0, 0.05) is 43.4 Å². The first-order valence-corrected chi connectivity index (χ1v) is 12.5. The van der Waals surface area contributed by atoms with Gasteiger partial charge in [-0.1, -0.05) is 13.3 Å². The molecule has 194 valence electrons. The van der Waals surface area contributed by atoms with E-state index in [2.05, 4.69) is 22.4 Å². The summed E-state index contributed by atoms with van der Waals surface area (Å²) in [5.41, 5.74) is 4.73. The standard InChI is InChI=1S/C28H33N5O4/c1-5-6-17-36-18-7-16-29-27(34)22-8-12-23(13-9-22)33-26(21-10-14-24(35-4)15-11-21)19(2)25(32-33)28-31-30-20(3)37-28/h8-15H,5-7,16-18H2,1-4H3,(H,29,34). The van der Waals surface area contributed by atoms with E-state index in [1.54, 1.807) is 26.2 Å². The molecule has 9 heteroatoms. The van der Waals surface area contributed by atoms with E-state index in [1.165, 1.54) is 0 Å². The average molecular weight is 504 g/mol. The Kier molecular flexibility index (Phi) is 8.68. The Morgan fingerprint density at radius 1 is 1.00 bits per heavy atom. The monoisotopic (exact) mass is 503 g/mol. The molecule has 0 aliphatic heterocycles. The molecule has 9 nitrogen and oxygen atoms in total. The van der Waals surface area contributed by atoms with E-state index in [1.807, 2.05) is 48.0 Å². The van der Waals surface area contributed by atoms with Crippen LogP contribution in [0.1, 0.15) is 48.0 Å². The first-order chi connectivity index (χ1) is 18.0. The number of amides is 1. The molecule has 0 saturated heterocycles. The Hall–Kier alpha value is -3.98. The van der Waals surface area contributed by atoms with Crippen LogP contribution in [-0.4, -0.2) is 52.8 Å². The molecule has 2 aromatic carbocycles. The molecule has 4 rings (SSSR count). The number of hydrogen-bond donors (Lipinski definition) is 1. The first-order valence-electron chi connectivity index (χ1n) is 12.5. The minimum absolute atomic E-state index is 0.117. The molecule has 2 aromatic heterocycles. The second kappa shape index (κ2) is 12.3. The Balaban J connectivity index is 1.56. The van der Waals surface area contributed by atoms with Crippen molar-refractivity contribution in [1.82, 2.24) is 25.3 Å². The summed E-state index contributed by atoms with van der Waals surface area (Å²) in [7, 11) is 1.64. The number of benzene rings is 2. The first kappa shape index (κ1) is 26.1. The van der Waals surface area contributed by atoms with Crippen LogP contribution in [0, 0.1) is 13.8 Å². The van der Waals surface area contributed by atoms with Crippen LogP contribution in [0.2, 0.25) is 0 Å². The molecule has 0 aliphatic carbocycles. The number of aromatic nitrogens is 4. The quantitative estimate of drug-likeness (QED) is 0.267. The highest BCUT2D eigenvalue weighted by Gasteiger charge is 2.22. The van der Waals surface area contributed by atoms with Gasteiger partial charge in [0.05, 0.1) is 18.5 Å². The summed E-state index contributed by atoms with van der Waals surface area (Å²) in [5.74, 6) is 1.48. The van der Waals surface area contributed by atoms with Gasteiger partial charge in [-0.05, 0) is 68.3 Å². The van der Waals surface area contributed by atoms with Crippen LogP contribution < -0.4 is 10.1 Å². The largest absolute Gasteiger partial charge is 0.497 e. The van der Waals surface area contributed by atoms with E-state index < -0.39 is 0 Å². The van der Waals surface area contributed by atoms with Gasteiger partial charge in [0.2, 0.25) is 5.89 Å². The minimum atomic E-state index is -0.117. The average Bonchev–Trinajstić information content (AvgIpc) is 3.50. The van der Waals surface area contributed by atoms with Gasteiger partial charge in [-0.15, -0.1) is 10.2 Å². The molecule has 0 saturated carbocycles. The van der Waals surface area contributed by atoms with Crippen molar-refractivity contribution in [3.05, 3.63) is 65.5 Å². The van der Waals surface area contributed by atoms with Crippen LogP contribution in [0.3, 0.4) is 0 Å². The highest BCUT2D eigenvalue weighted by atomic mass is 16.5. The van der Waals surface area contributed by atoms with Crippen molar-refractivity contribution in [1.29, 1.82) is 0 Å². The zero-order valence-electron chi connectivity index (χ0n) is 21.8. The number of nitrogens with zero attached hydrogens (tertiary/aromatic N) is 4. The summed E-state index contributed by atoms with van der Waals surface area (Å²) in [6.07, 6.45) is 2.96. The number of aryl methyl sites for hydroxylation is 1. The van der Waals surface area contributed by atoms with Crippen molar-refractivity contribution >= 4 is 5.91 Å². The number of nitrogens with one attached hydrogen (secondary N) is 1. The van der Waals surface area contributed by atoms with Gasteiger partial charge >= 0.3 is 0 Å². The second-order valence-electron chi connectivity index (χ2n) is 8.71. The van der Waals surface area contributed by atoms with Gasteiger partial charge in [-0.2, -0.15) is 5.10 Å². The lowest BCUT2D eigenvalue weighted by atomic mass is 10.1. The molecule has 37 heavy (non-hydrogen) atoms. The maximum absolute atomic E-state index is 12.6. The SMILES string of the molecule is CCCCOCCCNC(=O)c1ccc(-n2nc(-c3nnc(C)o3)c(C)c2-c2ccc(OC)cc2)cc1. The van der Waals surface area contributed by atoms with E-state index in [9.17, 15) is 4.79 Å². The van der Waals surface area contributed by atoms with Crippen molar-refractivity contribution in [3.8, 4) is 34.3 Å². The zero-order valence-corrected chi connectivity index (χ0v) is 21.8. The third kappa shape index (κ3) is 6.24. The van der Waals surface area contributed by atoms with Crippen LogP contribution in [0.15, 0.2) is 52.9 Å². The molecule has 0 aliphatic rings. The third-order valence-corrected chi connectivity index (χ3v) is 5.98. The van der Waals surface area contributed by atoms with Gasteiger partial charge in [-0.25, -0.2) is 4.68 Å². The van der Waals surface area contributed by atoms with Crippen molar-refractivity contribution < 1.29 is 18.7 Å². The van der Waals surface area contributed by atoms with Gasteiger partial charge in [-0.3, -0.25) is 4.79 Å². The maximum Gasteiger partial charge on any atom is 0.268 e. The van der Waals surface area contributed by atoms with E-state index in [-0.39, 0.29) is 5.91 Å². The number of carbonyl (C=O) groups is 1. The molecular weight excluding hydrogens is 470 g/mol. The number of methoxy groups -OCH3 is 1. The summed E-state index contributed by atoms with van der Waals surface area (Å²) in [6.45, 7) is 7.84. The van der Waals surface area contributed by atoms with Crippen molar-refractivity contribution in [2.45, 2.75) is 40.0 Å². The Morgan fingerprint density at radius 3 is 2.38 bits per heavy atom. The zero-order chi connectivity index (χ0) is 26.2. The molecule has 0 atom stereocenters. The fourth-order valence-electron chi connectivity index (χ4n) is 3.95. The number of unbranched alkanes of at least 4 members (excludes halogenated alkanes) is 1. The lowest BCUT2D eigenvalue weighted by molar-refractivity contribution is 0.0940. The fraction of sp³-hybridized carbons (Fsp3) is 0.357. The number of rotatable bonds is 12. The number of ether oxygens (including phenoxy) is 2. The summed E-state index contributed by atoms with van der Waals surface area (Å²) in [5, 5.41) is 15.9. The lowest BCUT2D eigenvalue weighted by Crippen LogP contribution is -2.25. The molecule has 0 bridgehead atoms. The predicted molar refractivity (Wildman–Crippen MR) is 141 cm³/mol. The molecule has 4 aromatic rings. The normalized spacial score (nSPS) is 11.0. The molecular formula is C28H33N5O4. The van der Waals surface area contributed by atoms with Crippen LogP contribution in [0.25, 0.3) is 28.5 Å². The smallest absolute Gasteiger partial charge is 0.268 e. The van der Waals surface area contributed by atoms with E-state index in [0.29, 0.717) is 36.2 Å². The van der Waals surface area contributed by atoms with Crippen LogP contribution in [-0.2, 0) is 4.74 Å². The topological polar surface area (TPSA) is 104 Å². The Morgan fingerprint density at radius 2 is 1.73 bits per heavy atom.